The Labute approximate surface area is 193 Å². The minimum absolute atomic E-state index is 0.0433. The summed E-state index contributed by atoms with van der Waals surface area (Å²) in [5.41, 5.74) is 6.75. The molecule has 32 heavy (non-hydrogen) atoms. The Morgan fingerprint density at radius 2 is 1.72 bits per heavy atom. The fourth-order valence-electron chi connectivity index (χ4n) is 4.31. The molecule has 160 valence electrons. The third-order valence-electron chi connectivity index (χ3n) is 6.09. The van der Waals surface area contributed by atoms with E-state index >= 15 is 0 Å². The van der Waals surface area contributed by atoms with E-state index in [1.54, 1.807) is 0 Å². The topological polar surface area (TPSA) is 46.0 Å². The number of aromatic nitrogens is 3. The molecule has 1 aliphatic rings. The molecule has 0 amide bonds. The van der Waals surface area contributed by atoms with Gasteiger partial charge in [-0.2, -0.15) is 0 Å². The molecule has 5 nitrogen and oxygen atoms in total. The number of nitrogens with zero attached hydrogens (tertiary/aromatic N) is 4. The molecule has 0 bridgehead atoms. The van der Waals surface area contributed by atoms with E-state index in [0.717, 1.165) is 22.8 Å². The first kappa shape index (κ1) is 20.4. The highest BCUT2D eigenvalue weighted by Gasteiger charge is 2.42. The van der Waals surface area contributed by atoms with Crippen LogP contribution in [0.2, 0.25) is 0 Å². The van der Waals surface area contributed by atoms with Gasteiger partial charge in [0.05, 0.1) is 24.0 Å². The SMILES string of the molecule is Cc1ccc(N2C(=S)NC(c3ccccn3)C2c2cccn2Cc2ccccn2)cc1C. The quantitative estimate of drug-likeness (QED) is 0.437. The zero-order valence-electron chi connectivity index (χ0n) is 18.1. The number of thiocarbonyl (C=S) groups is 1. The van der Waals surface area contributed by atoms with E-state index in [9.17, 15) is 0 Å². The normalized spacial score (nSPS) is 18.1. The number of nitrogens with one attached hydrogen (secondary N) is 1. The number of hydrogen-bond donors (Lipinski definition) is 1. The summed E-state index contributed by atoms with van der Waals surface area (Å²) in [5, 5.41) is 4.26. The Morgan fingerprint density at radius 3 is 2.44 bits per heavy atom. The van der Waals surface area contributed by atoms with Gasteiger partial charge in [-0.15, -0.1) is 0 Å². The molecule has 0 saturated carbocycles. The van der Waals surface area contributed by atoms with Gasteiger partial charge in [0, 0.05) is 30.0 Å². The molecule has 1 N–H and O–H groups in total. The molecule has 3 aromatic heterocycles. The summed E-state index contributed by atoms with van der Waals surface area (Å²) < 4.78 is 2.26. The lowest BCUT2D eigenvalue weighted by atomic mass is 10.00. The van der Waals surface area contributed by atoms with Crippen molar-refractivity contribution in [2.75, 3.05) is 4.90 Å². The highest BCUT2D eigenvalue weighted by Crippen LogP contribution is 2.42. The fraction of sp³-hybridized carbons (Fsp3) is 0.192. The fourth-order valence-corrected chi connectivity index (χ4v) is 4.66. The first-order valence-corrected chi connectivity index (χ1v) is 11.2. The van der Waals surface area contributed by atoms with Crippen LogP contribution >= 0.6 is 12.2 Å². The Morgan fingerprint density at radius 1 is 0.906 bits per heavy atom. The molecule has 0 spiro atoms. The van der Waals surface area contributed by atoms with Gasteiger partial charge < -0.3 is 14.8 Å². The van der Waals surface area contributed by atoms with E-state index in [1.165, 1.54) is 11.1 Å². The van der Waals surface area contributed by atoms with Crippen LogP contribution in [-0.4, -0.2) is 19.6 Å². The number of aryl methyl sites for hydroxylation is 2. The van der Waals surface area contributed by atoms with Gasteiger partial charge in [0.15, 0.2) is 5.11 Å². The molecular weight excluding hydrogens is 414 g/mol. The van der Waals surface area contributed by atoms with Crippen LogP contribution in [0, 0.1) is 13.8 Å². The minimum Gasteiger partial charge on any atom is -0.351 e. The molecule has 0 aliphatic carbocycles. The number of benzene rings is 1. The predicted molar refractivity (Wildman–Crippen MR) is 132 cm³/mol. The van der Waals surface area contributed by atoms with E-state index in [4.69, 9.17) is 12.2 Å². The first-order valence-electron chi connectivity index (χ1n) is 10.7. The second-order valence-electron chi connectivity index (χ2n) is 8.15. The summed E-state index contributed by atoms with van der Waals surface area (Å²) in [6.45, 7) is 4.97. The Balaban J connectivity index is 1.61. The molecular formula is C26H25N5S. The van der Waals surface area contributed by atoms with Crippen molar-refractivity contribution in [3.63, 3.8) is 0 Å². The lowest BCUT2D eigenvalue weighted by Gasteiger charge is -2.29. The summed E-state index contributed by atoms with van der Waals surface area (Å²) in [5.74, 6) is 0. The van der Waals surface area contributed by atoms with E-state index in [0.29, 0.717) is 11.7 Å². The van der Waals surface area contributed by atoms with E-state index in [1.807, 2.05) is 36.7 Å². The molecule has 1 fully saturated rings. The van der Waals surface area contributed by atoms with Crippen molar-refractivity contribution < 1.29 is 0 Å². The number of anilines is 1. The number of pyridine rings is 2. The highest BCUT2D eigenvalue weighted by molar-refractivity contribution is 7.80. The average Bonchev–Trinajstić information content (AvgIpc) is 3.40. The van der Waals surface area contributed by atoms with E-state index < -0.39 is 0 Å². The zero-order chi connectivity index (χ0) is 22.1. The van der Waals surface area contributed by atoms with Crippen molar-refractivity contribution in [1.82, 2.24) is 19.9 Å². The molecule has 1 aromatic carbocycles. The van der Waals surface area contributed by atoms with Gasteiger partial charge in [0.2, 0.25) is 0 Å². The van der Waals surface area contributed by atoms with Crippen molar-refractivity contribution in [2.24, 2.45) is 0 Å². The van der Waals surface area contributed by atoms with Gasteiger partial charge in [-0.05, 0) is 85.7 Å². The molecule has 4 heterocycles. The van der Waals surface area contributed by atoms with Gasteiger partial charge in [-0.3, -0.25) is 9.97 Å². The van der Waals surface area contributed by atoms with Crippen molar-refractivity contribution in [2.45, 2.75) is 32.5 Å². The predicted octanol–water partition coefficient (Wildman–Crippen LogP) is 5.12. The zero-order valence-corrected chi connectivity index (χ0v) is 19.0. The van der Waals surface area contributed by atoms with Crippen LogP contribution in [0.3, 0.4) is 0 Å². The second kappa shape index (κ2) is 8.55. The maximum atomic E-state index is 5.87. The van der Waals surface area contributed by atoms with Crippen LogP contribution in [0.1, 0.15) is 40.3 Å². The number of rotatable bonds is 5. The van der Waals surface area contributed by atoms with Gasteiger partial charge in [0.1, 0.15) is 6.04 Å². The largest absolute Gasteiger partial charge is 0.351 e. The van der Waals surface area contributed by atoms with Crippen LogP contribution in [0.25, 0.3) is 0 Å². The van der Waals surface area contributed by atoms with Crippen LogP contribution in [0.15, 0.2) is 85.3 Å². The summed E-state index contributed by atoms with van der Waals surface area (Å²) in [7, 11) is 0. The summed E-state index contributed by atoms with van der Waals surface area (Å²) >= 11 is 5.87. The van der Waals surface area contributed by atoms with Gasteiger partial charge in [-0.1, -0.05) is 18.2 Å². The van der Waals surface area contributed by atoms with E-state index in [2.05, 4.69) is 87.3 Å². The molecule has 5 rings (SSSR count). The van der Waals surface area contributed by atoms with Crippen molar-refractivity contribution in [1.29, 1.82) is 0 Å². The smallest absolute Gasteiger partial charge is 0.174 e. The average molecular weight is 440 g/mol. The van der Waals surface area contributed by atoms with Crippen LogP contribution < -0.4 is 10.2 Å². The Kier molecular flexibility index (Phi) is 5.45. The third-order valence-corrected chi connectivity index (χ3v) is 6.41. The molecule has 0 radical (unpaired) electrons. The van der Waals surface area contributed by atoms with Crippen LogP contribution in [-0.2, 0) is 6.54 Å². The van der Waals surface area contributed by atoms with Gasteiger partial charge in [-0.25, -0.2) is 0 Å². The summed E-state index contributed by atoms with van der Waals surface area (Å²) in [4.78, 5) is 11.4. The monoisotopic (exact) mass is 439 g/mol. The summed E-state index contributed by atoms with van der Waals surface area (Å²) in [6.07, 6.45) is 5.78. The third kappa shape index (κ3) is 3.78. The van der Waals surface area contributed by atoms with Crippen LogP contribution in [0.5, 0.6) is 0 Å². The molecule has 1 aliphatic heterocycles. The summed E-state index contributed by atoms with van der Waals surface area (Å²) in [6, 6.07) is 22.7. The second-order valence-corrected chi connectivity index (χ2v) is 8.53. The molecule has 6 heteroatoms. The lowest BCUT2D eigenvalue weighted by molar-refractivity contribution is 0.532. The standard InChI is InChI=1S/C26H25N5S/c1-18-11-12-21(16-19(18)2)31-25(24(29-26(31)32)22-9-4-6-14-28-22)23-10-7-15-30(23)17-20-8-3-5-13-27-20/h3-16,24-25H,17H2,1-2H3,(H,29,32). The number of hydrogen-bond acceptors (Lipinski definition) is 3. The van der Waals surface area contributed by atoms with Gasteiger partial charge in [0.25, 0.3) is 0 Å². The molecule has 2 unspecified atom stereocenters. The Bertz CT molecular complexity index is 1240. The lowest BCUT2D eigenvalue weighted by Crippen LogP contribution is -2.30. The van der Waals surface area contributed by atoms with Crippen molar-refractivity contribution >= 4 is 23.0 Å². The maximum Gasteiger partial charge on any atom is 0.174 e. The van der Waals surface area contributed by atoms with Crippen molar-refractivity contribution in [3.05, 3.63) is 114 Å². The van der Waals surface area contributed by atoms with E-state index in [-0.39, 0.29) is 12.1 Å². The maximum absolute atomic E-state index is 5.87. The molecule has 4 aromatic rings. The van der Waals surface area contributed by atoms with Crippen LogP contribution in [0.4, 0.5) is 5.69 Å². The Hall–Kier alpha value is -3.51. The van der Waals surface area contributed by atoms with Crippen molar-refractivity contribution in [3.8, 4) is 0 Å². The first-order chi connectivity index (χ1) is 15.6. The highest BCUT2D eigenvalue weighted by atomic mass is 32.1. The minimum atomic E-state index is -0.0670. The van der Waals surface area contributed by atoms with Gasteiger partial charge >= 0.3 is 0 Å². The molecule has 1 saturated heterocycles. The molecule has 2 atom stereocenters.